The number of aryl methyl sites for hydroxylation is 1. The number of aromatic nitrogens is 2. The van der Waals surface area contributed by atoms with Gasteiger partial charge in [0.15, 0.2) is 0 Å². The van der Waals surface area contributed by atoms with E-state index in [2.05, 4.69) is 49.6 Å². The molecule has 0 aromatic carbocycles. The third-order valence-corrected chi connectivity index (χ3v) is 4.18. The maximum atomic E-state index is 4.69. The van der Waals surface area contributed by atoms with Crippen molar-refractivity contribution in [3.05, 3.63) is 11.4 Å². The molecule has 1 atom stereocenters. The molecule has 4 nitrogen and oxygen atoms in total. The van der Waals surface area contributed by atoms with Crippen LogP contribution in [0.4, 0.5) is 11.6 Å². The van der Waals surface area contributed by atoms with Crippen molar-refractivity contribution in [3.8, 4) is 0 Å². The lowest BCUT2D eigenvalue weighted by Gasteiger charge is -2.17. The topological polar surface area (TPSA) is 49.8 Å². The fourth-order valence-electron chi connectivity index (χ4n) is 2.10. The first-order chi connectivity index (χ1) is 10.1. The van der Waals surface area contributed by atoms with Crippen molar-refractivity contribution in [1.82, 2.24) is 9.97 Å². The summed E-state index contributed by atoms with van der Waals surface area (Å²) in [5.41, 5.74) is 1.12. The van der Waals surface area contributed by atoms with Gasteiger partial charge in [0.25, 0.3) is 0 Å². The summed E-state index contributed by atoms with van der Waals surface area (Å²) in [5, 5.41) is 6.93. The van der Waals surface area contributed by atoms with Crippen molar-refractivity contribution in [2.45, 2.75) is 47.0 Å². The first-order valence-corrected chi connectivity index (χ1v) is 9.35. The molecular weight excluding hydrogens is 280 g/mol. The SMILES string of the molecule is CCCNc1nc(CCC)nc(NCC(C)CSC)c1C. The molecule has 1 aromatic rings. The number of rotatable bonds is 10. The summed E-state index contributed by atoms with van der Waals surface area (Å²) in [5.74, 6) is 4.70. The molecule has 1 unspecified atom stereocenters. The Hall–Kier alpha value is -0.970. The summed E-state index contributed by atoms with van der Waals surface area (Å²) in [7, 11) is 0. The van der Waals surface area contributed by atoms with Gasteiger partial charge in [0, 0.05) is 25.1 Å². The van der Waals surface area contributed by atoms with Crippen LogP contribution in [0.15, 0.2) is 0 Å². The van der Waals surface area contributed by atoms with E-state index < -0.39 is 0 Å². The lowest BCUT2D eigenvalue weighted by molar-refractivity contribution is 0.697. The van der Waals surface area contributed by atoms with Crippen LogP contribution in [-0.4, -0.2) is 35.1 Å². The summed E-state index contributed by atoms with van der Waals surface area (Å²) >= 11 is 1.89. The third-order valence-electron chi connectivity index (χ3n) is 3.28. The molecular formula is C16H30N4S. The summed E-state index contributed by atoms with van der Waals surface area (Å²) in [6.45, 7) is 10.6. The van der Waals surface area contributed by atoms with E-state index in [0.29, 0.717) is 5.92 Å². The van der Waals surface area contributed by atoms with Gasteiger partial charge in [0.05, 0.1) is 0 Å². The van der Waals surface area contributed by atoms with E-state index >= 15 is 0 Å². The van der Waals surface area contributed by atoms with Crippen LogP contribution < -0.4 is 10.6 Å². The molecule has 1 aromatic heterocycles. The van der Waals surface area contributed by atoms with Crippen LogP contribution >= 0.6 is 11.8 Å². The van der Waals surface area contributed by atoms with Gasteiger partial charge in [-0.25, -0.2) is 9.97 Å². The minimum Gasteiger partial charge on any atom is -0.370 e. The van der Waals surface area contributed by atoms with E-state index in [4.69, 9.17) is 4.98 Å². The lowest BCUT2D eigenvalue weighted by atomic mass is 10.2. The third kappa shape index (κ3) is 6.12. The maximum Gasteiger partial charge on any atom is 0.134 e. The number of thioether (sulfide) groups is 1. The molecule has 21 heavy (non-hydrogen) atoms. The Kier molecular flexibility index (Phi) is 8.50. The molecule has 0 spiro atoms. The normalized spacial score (nSPS) is 12.2. The smallest absolute Gasteiger partial charge is 0.134 e. The van der Waals surface area contributed by atoms with Crippen LogP contribution in [0.2, 0.25) is 0 Å². The predicted molar refractivity (Wildman–Crippen MR) is 95.6 cm³/mol. The molecule has 0 aliphatic heterocycles. The molecule has 0 aliphatic carbocycles. The van der Waals surface area contributed by atoms with E-state index in [1.54, 1.807) is 0 Å². The Morgan fingerprint density at radius 1 is 1.10 bits per heavy atom. The average molecular weight is 311 g/mol. The monoisotopic (exact) mass is 310 g/mol. The highest BCUT2D eigenvalue weighted by Gasteiger charge is 2.11. The van der Waals surface area contributed by atoms with E-state index in [-0.39, 0.29) is 0 Å². The number of anilines is 2. The van der Waals surface area contributed by atoms with Crippen LogP contribution in [-0.2, 0) is 6.42 Å². The molecule has 0 aliphatic rings. The molecule has 0 saturated carbocycles. The van der Waals surface area contributed by atoms with Gasteiger partial charge in [-0.2, -0.15) is 11.8 Å². The molecule has 1 rings (SSSR count). The molecule has 2 N–H and O–H groups in total. The van der Waals surface area contributed by atoms with Crippen molar-refractivity contribution >= 4 is 23.4 Å². The zero-order valence-corrected chi connectivity index (χ0v) is 14.9. The van der Waals surface area contributed by atoms with Gasteiger partial charge in [-0.1, -0.05) is 20.8 Å². The summed E-state index contributed by atoms with van der Waals surface area (Å²) < 4.78 is 0. The minimum atomic E-state index is 0.635. The van der Waals surface area contributed by atoms with Crippen LogP contribution in [0.1, 0.15) is 45.0 Å². The molecule has 0 radical (unpaired) electrons. The predicted octanol–water partition coefficient (Wildman–Crippen LogP) is 3.97. The van der Waals surface area contributed by atoms with E-state index in [1.807, 2.05) is 11.8 Å². The fraction of sp³-hybridized carbons (Fsp3) is 0.750. The van der Waals surface area contributed by atoms with Crippen LogP contribution in [0, 0.1) is 12.8 Å². The van der Waals surface area contributed by atoms with Crippen molar-refractivity contribution in [1.29, 1.82) is 0 Å². The maximum absolute atomic E-state index is 4.69. The second-order valence-corrected chi connectivity index (χ2v) is 6.49. The average Bonchev–Trinajstić information content (AvgIpc) is 2.46. The Labute approximate surface area is 133 Å². The fourth-order valence-corrected chi connectivity index (χ4v) is 2.79. The summed E-state index contributed by atoms with van der Waals surface area (Å²) in [4.78, 5) is 9.35. The molecule has 0 saturated heterocycles. The quantitative estimate of drug-likeness (QED) is 0.685. The molecule has 0 bridgehead atoms. The number of hydrogen-bond acceptors (Lipinski definition) is 5. The highest BCUT2D eigenvalue weighted by Crippen LogP contribution is 2.21. The van der Waals surface area contributed by atoms with E-state index in [1.165, 1.54) is 5.75 Å². The van der Waals surface area contributed by atoms with Gasteiger partial charge < -0.3 is 10.6 Å². The van der Waals surface area contributed by atoms with E-state index in [0.717, 1.165) is 55.4 Å². The van der Waals surface area contributed by atoms with Crippen molar-refractivity contribution in [2.75, 3.05) is 35.7 Å². The van der Waals surface area contributed by atoms with Gasteiger partial charge >= 0.3 is 0 Å². The van der Waals surface area contributed by atoms with Gasteiger partial charge in [-0.15, -0.1) is 0 Å². The summed E-state index contributed by atoms with van der Waals surface area (Å²) in [6.07, 6.45) is 5.24. The van der Waals surface area contributed by atoms with Crippen molar-refractivity contribution in [2.24, 2.45) is 5.92 Å². The number of nitrogens with one attached hydrogen (secondary N) is 2. The number of nitrogens with zero attached hydrogens (tertiary/aromatic N) is 2. The van der Waals surface area contributed by atoms with Crippen molar-refractivity contribution < 1.29 is 0 Å². The van der Waals surface area contributed by atoms with Crippen molar-refractivity contribution in [3.63, 3.8) is 0 Å². The second-order valence-electron chi connectivity index (χ2n) is 5.58. The second kappa shape index (κ2) is 9.87. The largest absolute Gasteiger partial charge is 0.370 e. The van der Waals surface area contributed by atoms with Gasteiger partial charge in [-0.05, 0) is 37.7 Å². The Bertz CT molecular complexity index is 423. The van der Waals surface area contributed by atoms with Crippen LogP contribution in [0.5, 0.6) is 0 Å². The molecule has 0 amide bonds. The lowest BCUT2D eigenvalue weighted by Crippen LogP contribution is -2.17. The first kappa shape index (κ1) is 18.1. The van der Waals surface area contributed by atoms with Gasteiger partial charge in [0.1, 0.15) is 17.5 Å². The molecule has 5 heteroatoms. The Balaban J connectivity index is 2.86. The zero-order valence-electron chi connectivity index (χ0n) is 14.1. The van der Waals surface area contributed by atoms with Crippen LogP contribution in [0.3, 0.4) is 0 Å². The molecule has 0 fully saturated rings. The Morgan fingerprint density at radius 2 is 1.76 bits per heavy atom. The van der Waals surface area contributed by atoms with Crippen LogP contribution in [0.25, 0.3) is 0 Å². The summed E-state index contributed by atoms with van der Waals surface area (Å²) in [6, 6.07) is 0. The standard InChI is InChI=1S/C16H30N4S/c1-6-8-14-19-15(17-9-7-2)13(4)16(20-14)18-10-12(3)11-21-5/h12H,6-11H2,1-5H3,(H2,17,18,19,20). The Morgan fingerprint density at radius 3 is 2.33 bits per heavy atom. The highest BCUT2D eigenvalue weighted by molar-refractivity contribution is 7.98. The molecule has 1 heterocycles. The van der Waals surface area contributed by atoms with E-state index in [9.17, 15) is 0 Å². The van der Waals surface area contributed by atoms with Gasteiger partial charge in [-0.3, -0.25) is 0 Å². The minimum absolute atomic E-state index is 0.635. The molecule has 120 valence electrons. The first-order valence-electron chi connectivity index (χ1n) is 7.96. The zero-order chi connectivity index (χ0) is 15.7. The number of hydrogen-bond donors (Lipinski definition) is 2. The van der Waals surface area contributed by atoms with Gasteiger partial charge in [0.2, 0.25) is 0 Å². The highest BCUT2D eigenvalue weighted by atomic mass is 32.2.